The summed E-state index contributed by atoms with van der Waals surface area (Å²) < 4.78 is 0. The third-order valence-corrected chi connectivity index (χ3v) is 3.23. The first-order valence-corrected chi connectivity index (χ1v) is 5.41. The van der Waals surface area contributed by atoms with Crippen molar-refractivity contribution in [1.82, 2.24) is 10.2 Å². The second-order valence-electron chi connectivity index (χ2n) is 4.12. The Morgan fingerprint density at radius 2 is 1.75 bits per heavy atom. The topological polar surface area (TPSA) is 15.3 Å². The fraction of sp³-hybridized carbons (Fsp3) is 1.00. The minimum atomic E-state index is 0.905. The van der Waals surface area contributed by atoms with Crippen molar-refractivity contribution < 1.29 is 0 Å². The zero-order valence-corrected chi connectivity index (χ0v) is 7.89. The van der Waals surface area contributed by atoms with Crippen molar-refractivity contribution in [3.63, 3.8) is 0 Å². The second-order valence-corrected chi connectivity index (χ2v) is 4.12. The maximum absolute atomic E-state index is 3.42. The van der Waals surface area contributed by atoms with Crippen LogP contribution in [0.3, 0.4) is 0 Å². The predicted molar refractivity (Wildman–Crippen MR) is 51.1 cm³/mol. The zero-order chi connectivity index (χ0) is 8.23. The van der Waals surface area contributed by atoms with Crippen LogP contribution in [0.2, 0.25) is 0 Å². The highest BCUT2D eigenvalue weighted by Gasteiger charge is 2.21. The van der Waals surface area contributed by atoms with Gasteiger partial charge in [-0.15, -0.1) is 0 Å². The Morgan fingerprint density at radius 3 is 2.33 bits per heavy atom. The van der Waals surface area contributed by atoms with Crippen molar-refractivity contribution in [2.24, 2.45) is 0 Å². The summed E-state index contributed by atoms with van der Waals surface area (Å²) in [6.07, 6.45) is 8.75. The molecule has 0 amide bonds. The number of rotatable bonds is 1. The maximum Gasteiger partial charge on any atom is 0.0484 e. The third kappa shape index (κ3) is 1.99. The largest absolute Gasteiger partial charge is 0.303 e. The molecule has 0 radical (unpaired) electrons. The monoisotopic (exact) mass is 168 g/mol. The molecule has 70 valence electrons. The van der Waals surface area contributed by atoms with Crippen LogP contribution in [0.4, 0.5) is 0 Å². The number of hydrogen-bond acceptors (Lipinski definition) is 2. The SMILES string of the molecule is C1CCCC(N2CCNC2)CC1. The van der Waals surface area contributed by atoms with Gasteiger partial charge >= 0.3 is 0 Å². The minimum absolute atomic E-state index is 0.905. The normalized spacial score (nSPS) is 29.0. The van der Waals surface area contributed by atoms with Gasteiger partial charge in [0.05, 0.1) is 0 Å². The molecule has 0 bridgehead atoms. The van der Waals surface area contributed by atoms with Gasteiger partial charge in [0.15, 0.2) is 0 Å². The van der Waals surface area contributed by atoms with Crippen molar-refractivity contribution in [2.45, 2.75) is 44.6 Å². The Balaban J connectivity index is 1.83. The summed E-state index contributed by atoms with van der Waals surface area (Å²) >= 11 is 0. The van der Waals surface area contributed by atoms with Crippen LogP contribution in [-0.4, -0.2) is 30.7 Å². The lowest BCUT2D eigenvalue weighted by Crippen LogP contribution is -2.33. The van der Waals surface area contributed by atoms with E-state index in [-0.39, 0.29) is 0 Å². The van der Waals surface area contributed by atoms with E-state index in [0.29, 0.717) is 0 Å². The molecule has 0 aromatic heterocycles. The molecule has 1 saturated heterocycles. The van der Waals surface area contributed by atoms with E-state index in [1.165, 1.54) is 51.6 Å². The lowest BCUT2D eigenvalue weighted by atomic mass is 10.1. The molecule has 1 aliphatic carbocycles. The van der Waals surface area contributed by atoms with Crippen molar-refractivity contribution in [3.05, 3.63) is 0 Å². The quantitative estimate of drug-likeness (QED) is 0.598. The summed E-state index contributed by atoms with van der Waals surface area (Å²) in [5.41, 5.74) is 0. The van der Waals surface area contributed by atoms with Gasteiger partial charge in [-0.25, -0.2) is 0 Å². The van der Waals surface area contributed by atoms with Crippen LogP contribution in [-0.2, 0) is 0 Å². The van der Waals surface area contributed by atoms with Gasteiger partial charge in [0.1, 0.15) is 0 Å². The van der Waals surface area contributed by atoms with Crippen LogP contribution in [0.1, 0.15) is 38.5 Å². The van der Waals surface area contributed by atoms with Crippen LogP contribution < -0.4 is 5.32 Å². The minimum Gasteiger partial charge on any atom is -0.303 e. The average molecular weight is 168 g/mol. The van der Waals surface area contributed by atoms with Gasteiger partial charge in [0.25, 0.3) is 0 Å². The number of nitrogens with one attached hydrogen (secondary N) is 1. The fourth-order valence-electron chi connectivity index (χ4n) is 2.46. The molecular formula is C10H20N2. The summed E-state index contributed by atoms with van der Waals surface area (Å²) in [6, 6.07) is 0.905. The number of hydrogen-bond donors (Lipinski definition) is 1. The third-order valence-electron chi connectivity index (χ3n) is 3.23. The Bertz CT molecular complexity index is 122. The van der Waals surface area contributed by atoms with Crippen LogP contribution in [0, 0.1) is 0 Å². The van der Waals surface area contributed by atoms with E-state index >= 15 is 0 Å². The van der Waals surface area contributed by atoms with Gasteiger partial charge in [-0.2, -0.15) is 0 Å². The summed E-state index contributed by atoms with van der Waals surface area (Å²) in [5.74, 6) is 0. The molecule has 0 unspecified atom stereocenters. The van der Waals surface area contributed by atoms with Gasteiger partial charge in [0, 0.05) is 25.8 Å². The summed E-state index contributed by atoms with van der Waals surface area (Å²) in [5, 5.41) is 3.42. The van der Waals surface area contributed by atoms with E-state index in [1.807, 2.05) is 0 Å². The summed E-state index contributed by atoms with van der Waals surface area (Å²) in [7, 11) is 0. The lowest BCUT2D eigenvalue weighted by Gasteiger charge is -2.25. The predicted octanol–water partition coefficient (Wildman–Crippen LogP) is 1.57. The van der Waals surface area contributed by atoms with E-state index in [1.54, 1.807) is 0 Å². The van der Waals surface area contributed by atoms with Crippen LogP contribution in [0.15, 0.2) is 0 Å². The second kappa shape index (κ2) is 4.24. The molecule has 0 spiro atoms. The van der Waals surface area contributed by atoms with Gasteiger partial charge in [0.2, 0.25) is 0 Å². The molecule has 2 rings (SSSR count). The average Bonchev–Trinajstić information content (AvgIpc) is 2.48. The van der Waals surface area contributed by atoms with Crippen LogP contribution in [0.25, 0.3) is 0 Å². The van der Waals surface area contributed by atoms with E-state index in [2.05, 4.69) is 10.2 Å². The molecule has 1 aliphatic heterocycles. The van der Waals surface area contributed by atoms with E-state index in [9.17, 15) is 0 Å². The van der Waals surface area contributed by atoms with Crippen LogP contribution >= 0.6 is 0 Å². The standard InChI is InChI=1S/C10H20N2/c1-2-4-6-10(5-3-1)12-8-7-11-9-12/h10-11H,1-9H2. The van der Waals surface area contributed by atoms with Gasteiger partial charge < -0.3 is 5.32 Å². The molecule has 1 N–H and O–H groups in total. The van der Waals surface area contributed by atoms with Gasteiger partial charge in [-0.3, -0.25) is 4.90 Å². The highest BCUT2D eigenvalue weighted by Crippen LogP contribution is 2.21. The molecule has 2 fully saturated rings. The molecule has 2 heteroatoms. The fourth-order valence-corrected chi connectivity index (χ4v) is 2.46. The highest BCUT2D eigenvalue weighted by atomic mass is 15.3. The first-order valence-electron chi connectivity index (χ1n) is 5.41. The summed E-state index contributed by atoms with van der Waals surface area (Å²) in [6.45, 7) is 3.63. The maximum atomic E-state index is 3.42. The molecule has 12 heavy (non-hydrogen) atoms. The molecule has 2 nitrogen and oxygen atoms in total. The number of nitrogens with zero attached hydrogens (tertiary/aromatic N) is 1. The molecule has 0 aromatic carbocycles. The van der Waals surface area contributed by atoms with Crippen molar-refractivity contribution in [2.75, 3.05) is 19.8 Å². The molecule has 0 aromatic rings. The van der Waals surface area contributed by atoms with Gasteiger partial charge in [-0.05, 0) is 12.8 Å². The zero-order valence-electron chi connectivity index (χ0n) is 7.89. The molecule has 2 aliphatic rings. The van der Waals surface area contributed by atoms with E-state index < -0.39 is 0 Å². The Hall–Kier alpha value is -0.0800. The first kappa shape index (κ1) is 8.52. The Kier molecular flexibility index (Phi) is 3.01. The Morgan fingerprint density at radius 1 is 1.00 bits per heavy atom. The van der Waals surface area contributed by atoms with E-state index in [0.717, 1.165) is 12.7 Å². The molecular weight excluding hydrogens is 148 g/mol. The van der Waals surface area contributed by atoms with Crippen molar-refractivity contribution in [3.8, 4) is 0 Å². The van der Waals surface area contributed by atoms with Gasteiger partial charge in [-0.1, -0.05) is 25.7 Å². The van der Waals surface area contributed by atoms with Crippen molar-refractivity contribution in [1.29, 1.82) is 0 Å². The molecule has 1 heterocycles. The first-order chi connectivity index (χ1) is 5.97. The summed E-state index contributed by atoms with van der Waals surface area (Å²) in [4.78, 5) is 2.63. The smallest absolute Gasteiger partial charge is 0.0484 e. The van der Waals surface area contributed by atoms with E-state index in [4.69, 9.17) is 0 Å². The molecule has 1 saturated carbocycles. The Labute approximate surface area is 75.3 Å². The van der Waals surface area contributed by atoms with Crippen LogP contribution in [0.5, 0.6) is 0 Å². The lowest BCUT2D eigenvalue weighted by molar-refractivity contribution is 0.219. The van der Waals surface area contributed by atoms with Crippen molar-refractivity contribution >= 4 is 0 Å². The highest BCUT2D eigenvalue weighted by molar-refractivity contribution is 4.77. The molecule has 0 atom stereocenters.